The molecule has 6 heteroatoms. The number of nitrogens with one attached hydrogen (secondary N) is 1. The molecule has 1 N–H and O–H groups in total. The molecule has 0 amide bonds. The fraction of sp³-hybridized carbons (Fsp3) is 0.636. The molecule has 0 fully saturated rings. The number of furan rings is 1. The van der Waals surface area contributed by atoms with Crippen molar-refractivity contribution in [2.45, 2.75) is 39.3 Å². The maximum atomic E-state index is 11.9. The van der Waals surface area contributed by atoms with Gasteiger partial charge in [-0.3, -0.25) is 0 Å². The van der Waals surface area contributed by atoms with Crippen LogP contribution in [0.5, 0.6) is 0 Å². The monoisotopic (exact) mass is 260 g/mol. The molecule has 1 heterocycles. The van der Waals surface area contributed by atoms with Gasteiger partial charge in [0.05, 0.1) is 6.26 Å². The lowest BCUT2D eigenvalue weighted by atomic mass is 10.2. The summed E-state index contributed by atoms with van der Waals surface area (Å²) >= 11 is 0. The van der Waals surface area contributed by atoms with E-state index in [4.69, 9.17) is 4.42 Å². The van der Waals surface area contributed by atoms with Gasteiger partial charge in [-0.15, -0.1) is 0 Å². The van der Waals surface area contributed by atoms with Gasteiger partial charge in [0.2, 0.25) is 0 Å². The highest BCUT2D eigenvalue weighted by Gasteiger charge is 2.22. The summed E-state index contributed by atoms with van der Waals surface area (Å²) in [6.07, 6.45) is 2.12. The van der Waals surface area contributed by atoms with E-state index in [1.165, 1.54) is 4.31 Å². The Hall–Kier alpha value is -0.850. The Morgan fingerprint density at radius 2 is 2.06 bits per heavy atom. The summed E-state index contributed by atoms with van der Waals surface area (Å²) in [6.45, 7) is 5.47. The minimum Gasteiger partial charge on any atom is -0.469 e. The first kappa shape index (κ1) is 14.2. The summed E-state index contributed by atoms with van der Waals surface area (Å²) in [7, 11) is -1.86. The van der Waals surface area contributed by atoms with Crippen molar-refractivity contribution >= 4 is 10.2 Å². The van der Waals surface area contributed by atoms with E-state index in [-0.39, 0.29) is 12.1 Å². The third-order valence-electron chi connectivity index (χ3n) is 2.54. The Bertz CT molecular complexity index is 426. The van der Waals surface area contributed by atoms with Gasteiger partial charge in [-0.25, -0.2) is 0 Å². The highest BCUT2D eigenvalue weighted by molar-refractivity contribution is 7.87. The van der Waals surface area contributed by atoms with Crippen LogP contribution in [-0.2, 0) is 16.6 Å². The fourth-order valence-electron chi connectivity index (χ4n) is 1.39. The van der Waals surface area contributed by atoms with Crippen LogP contribution in [0, 0.1) is 0 Å². The van der Waals surface area contributed by atoms with E-state index in [9.17, 15) is 8.42 Å². The Morgan fingerprint density at radius 3 is 2.53 bits per heavy atom. The summed E-state index contributed by atoms with van der Waals surface area (Å²) in [5.74, 6) is 0.771. The van der Waals surface area contributed by atoms with Gasteiger partial charge >= 0.3 is 0 Å². The van der Waals surface area contributed by atoms with Crippen LogP contribution in [0.1, 0.15) is 26.5 Å². The Labute approximate surface area is 103 Å². The minimum atomic E-state index is -3.42. The number of nitrogens with zero attached hydrogens (tertiary/aromatic N) is 1. The smallest absolute Gasteiger partial charge is 0.279 e. The molecule has 0 radical (unpaired) electrons. The molecule has 0 aliphatic heterocycles. The molecule has 1 atom stereocenters. The summed E-state index contributed by atoms with van der Waals surface area (Å²) < 4.78 is 32.9. The first-order valence-corrected chi connectivity index (χ1v) is 7.04. The molecular weight excluding hydrogens is 240 g/mol. The van der Waals surface area contributed by atoms with E-state index in [1.807, 2.05) is 26.8 Å². The van der Waals surface area contributed by atoms with Crippen molar-refractivity contribution in [3.05, 3.63) is 24.2 Å². The van der Waals surface area contributed by atoms with E-state index >= 15 is 0 Å². The SMILES string of the molecule is CC(C)N(C)S(=O)(=O)N[C@@H](C)Cc1ccco1. The van der Waals surface area contributed by atoms with Crippen LogP contribution in [0.25, 0.3) is 0 Å². The van der Waals surface area contributed by atoms with Crippen LogP contribution in [0.2, 0.25) is 0 Å². The van der Waals surface area contributed by atoms with Crippen molar-refractivity contribution in [3.8, 4) is 0 Å². The van der Waals surface area contributed by atoms with E-state index in [1.54, 1.807) is 19.4 Å². The maximum absolute atomic E-state index is 11.9. The summed E-state index contributed by atoms with van der Waals surface area (Å²) in [5.41, 5.74) is 0. The zero-order valence-corrected chi connectivity index (χ0v) is 11.5. The van der Waals surface area contributed by atoms with Crippen LogP contribution < -0.4 is 4.72 Å². The number of rotatable bonds is 6. The average Bonchev–Trinajstić information content (AvgIpc) is 2.67. The number of hydrogen-bond donors (Lipinski definition) is 1. The fourth-order valence-corrected chi connectivity index (χ4v) is 2.70. The Kier molecular flexibility index (Phi) is 4.73. The van der Waals surface area contributed by atoms with Crippen LogP contribution in [0.15, 0.2) is 22.8 Å². The third-order valence-corrected chi connectivity index (χ3v) is 4.42. The van der Waals surface area contributed by atoms with Crippen LogP contribution >= 0.6 is 0 Å². The van der Waals surface area contributed by atoms with Crippen molar-refractivity contribution < 1.29 is 12.8 Å². The second-order valence-electron chi connectivity index (χ2n) is 4.42. The zero-order valence-electron chi connectivity index (χ0n) is 10.7. The molecule has 5 nitrogen and oxygen atoms in total. The largest absolute Gasteiger partial charge is 0.469 e. The van der Waals surface area contributed by atoms with Crippen LogP contribution in [0.4, 0.5) is 0 Å². The van der Waals surface area contributed by atoms with E-state index in [0.717, 1.165) is 5.76 Å². The van der Waals surface area contributed by atoms with Gasteiger partial charge in [-0.1, -0.05) is 0 Å². The quantitative estimate of drug-likeness (QED) is 0.840. The maximum Gasteiger partial charge on any atom is 0.279 e. The summed E-state index contributed by atoms with van der Waals surface area (Å²) in [4.78, 5) is 0. The lowest BCUT2D eigenvalue weighted by Gasteiger charge is -2.23. The van der Waals surface area contributed by atoms with E-state index < -0.39 is 10.2 Å². The van der Waals surface area contributed by atoms with Crippen molar-refractivity contribution in [1.29, 1.82) is 0 Å². The summed E-state index contributed by atoms with van der Waals surface area (Å²) in [5, 5.41) is 0. The van der Waals surface area contributed by atoms with Gasteiger partial charge in [-0.2, -0.15) is 17.4 Å². The molecule has 0 bridgehead atoms. The first-order valence-electron chi connectivity index (χ1n) is 5.60. The van der Waals surface area contributed by atoms with Crippen molar-refractivity contribution in [2.24, 2.45) is 0 Å². The molecule has 0 aromatic carbocycles. The predicted octanol–water partition coefficient (Wildman–Crippen LogP) is 1.39. The molecule has 0 aliphatic rings. The van der Waals surface area contributed by atoms with Crippen LogP contribution in [-0.4, -0.2) is 31.9 Å². The third kappa shape index (κ3) is 4.14. The van der Waals surface area contributed by atoms with E-state index in [0.29, 0.717) is 6.42 Å². The molecule has 98 valence electrons. The lowest BCUT2D eigenvalue weighted by Crippen LogP contribution is -2.45. The molecule has 1 rings (SSSR count). The van der Waals surface area contributed by atoms with Crippen molar-refractivity contribution in [1.82, 2.24) is 9.03 Å². The predicted molar refractivity (Wildman–Crippen MR) is 66.8 cm³/mol. The van der Waals surface area contributed by atoms with Gasteiger partial charge in [0.1, 0.15) is 5.76 Å². The molecule has 0 aliphatic carbocycles. The number of hydrogen-bond acceptors (Lipinski definition) is 3. The van der Waals surface area contributed by atoms with Crippen LogP contribution in [0.3, 0.4) is 0 Å². The summed E-state index contributed by atoms with van der Waals surface area (Å²) in [6, 6.07) is 3.35. The average molecular weight is 260 g/mol. The Balaban J connectivity index is 2.59. The molecule has 17 heavy (non-hydrogen) atoms. The molecule has 0 unspecified atom stereocenters. The Morgan fingerprint density at radius 1 is 1.41 bits per heavy atom. The molecule has 1 aromatic rings. The van der Waals surface area contributed by atoms with Gasteiger partial charge < -0.3 is 4.42 Å². The molecular formula is C11H20N2O3S. The molecule has 0 saturated heterocycles. The molecule has 0 spiro atoms. The van der Waals surface area contributed by atoms with E-state index in [2.05, 4.69) is 4.72 Å². The second kappa shape index (κ2) is 5.66. The second-order valence-corrected chi connectivity index (χ2v) is 6.18. The normalized spacial score (nSPS) is 14.5. The topological polar surface area (TPSA) is 62.6 Å². The highest BCUT2D eigenvalue weighted by atomic mass is 32.2. The first-order chi connectivity index (χ1) is 7.83. The molecule has 1 aromatic heterocycles. The zero-order chi connectivity index (χ0) is 13.1. The standard InChI is InChI=1S/C11H20N2O3S/c1-9(2)13(4)17(14,15)12-10(3)8-11-6-5-7-16-11/h5-7,9-10,12H,8H2,1-4H3/t10-/m0/s1. The lowest BCUT2D eigenvalue weighted by molar-refractivity contribution is 0.394. The van der Waals surface area contributed by atoms with Gasteiger partial charge in [0, 0.05) is 25.6 Å². The van der Waals surface area contributed by atoms with Crippen molar-refractivity contribution in [2.75, 3.05) is 7.05 Å². The molecule has 0 saturated carbocycles. The van der Waals surface area contributed by atoms with Gasteiger partial charge in [0.15, 0.2) is 0 Å². The van der Waals surface area contributed by atoms with Gasteiger partial charge in [0.25, 0.3) is 10.2 Å². The minimum absolute atomic E-state index is 0.0664. The van der Waals surface area contributed by atoms with Gasteiger partial charge in [-0.05, 0) is 32.9 Å². The highest BCUT2D eigenvalue weighted by Crippen LogP contribution is 2.07. The van der Waals surface area contributed by atoms with Crippen molar-refractivity contribution in [3.63, 3.8) is 0 Å².